The van der Waals surface area contributed by atoms with Crippen molar-refractivity contribution in [1.29, 1.82) is 0 Å². The molecular weight excluding hydrogens is 323 g/mol. The minimum absolute atomic E-state index is 0.618. The van der Waals surface area contributed by atoms with Crippen molar-refractivity contribution >= 4 is 40.2 Å². The largest absolute Gasteiger partial charge is 0.369 e. The van der Waals surface area contributed by atoms with Crippen LogP contribution in [0.2, 0.25) is 10.0 Å². The first-order chi connectivity index (χ1) is 10.1. The molecule has 0 unspecified atom stereocenters. The lowest BCUT2D eigenvalue weighted by Gasteiger charge is -2.36. The minimum atomic E-state index is 0.618. The molecule has 0 aliphatic carbocycles. The maximum atomic E-state index is 6.10. The van der Waals surface area contributed by atoms with E-state index in [-0.39, 0.29) is 0 Å². The molecule has 1 aromatic carbocycles. The Bertz CT molecular complexity index is 618. The van der Waals surface area contributed by atoms with Crippen LogP contribution < -0.4 is 4.90 Å². The van der Waals surface area contributed by atoms with Crippen LogP contribution in [0, 0.1) is 6.92 Å². The van der Waals surface area contributed by atoms with Crippen LogP contribution in [0.15, 0.2) is 30.3 Å². The van der Waals surface area contributed by atoms with Crippen LogP contribution in [0.5, 0.6) is 0 Å². The molecule has 2 aromatic rings. The SMILES string of the molecule is Cc1ccc(CN2CCN(c3ccc(Cl)c(Cl)c3)CC2)s1. The van der Waals surface area contributed by atoms with Crippen LogP contribution in [0.4, 0.5) is 5.69 Å². The Balaban J connectivity index is 1.58. The Morgan fingerprint density at radius 2 is 1.76 bits per heavy atom. The second kappa shape index (κ2) is 6.57. The smallest absolute Gasteiger partial charge is 0.0612 e. The van der Waals surface area contributed by atoms with Gasteiger partial charge in [-0.25, -0.2) is 0 Å². The first-order valence-corrected chi connectivity index (χ1v) is 8.67. The van der Waals surface area contributed by atoms with Gasteiger partial charge in [0, 0.05) is 48.2 Å². The molecule has 1 aliphatic heterocycles. The van der Waals surface area contributed by atoms with E-state index in [1.807, 2.05) is 29.5 Å². The predicted molar refractivity (Wildman–Crippen MR) is 93.0 cm³/mol. The number of rotatable bonds is 3. The summed E-state index contributed by atoms with van der Waals surface area (Å²) in [5, 5.41) is 1.25. The molecule has 1 saturated heterocycles. The molecule has 21 heavy (non-hydrogen) atoms. The molecule has 0 amide bonds. The van der Waals surface area contributed by atoms with Gasteiger partial charge in [0.2, 0.25) is 0 Å². The molecule has 3 rings (SSSR count). The van der Waals surface area contributed by atoms with E-state index in [4.69, 9.17) is 23.2 Å². The Hall–Kier alpha value is -0.740. The molecule has 1 aliphatic rings. The fourth-order valence-electron chi connectivity index (χ4n) is 2.64. The van der Waals surface area contributed by atoms with Gasteiger partial charge in [-0.15, -0.1) is 11.3 Å². The molecular formula is C16H18Cl2N2S. The quantitative estimate of drug-likeness (QED) is 0.799. The number of piperazine rings is 1. The number of thiophene rings is 1. The van der Waals surface area contributed by atoms with E-state index in [0.717, 1.165) is 38.4 Å². The number of nitrogens with zero attached hydrogens (tertiary/aromatic N) is 2. The van der Waals surface area contributed by atoms with Gasteiger partial charge in [-0.2, -0.15) is 0 Å². The minimum Gasteiger partial charge on any atom is -0.369 e. The molecule has 0 atom stereocenters. The average molecular weight is 341 g/mol. The number of hydrogen-bond donors (Lipinski definition) is 0. The number of hydrogen-bond acceptors (Lipinski definition) is 3. The standard InChI is InChI=1S/C16H18Cl2N2S/c1-12-2-4-14(21-12)11-19-6-8-20(9-7-19)13-3-5-15(17)16(18)10-13/h2-5,10H,6-9,11H2,1H3. The van der Waals surface area contributed by atoms with E-state index in [1.165, 1.54) is 9.75 Å². The molecule has 2 heterocycles. The Morgan fingerprint density at radius 3 is 2.38 bits per heavy atom. The van der Waals surface area contributed by atoms with Crippen LogP contribution in [0.1, 0.15) is 9.75 Å². The summed E-state index contributed by atoms with van der Waals surface area (Å²) in [6, 6.07) is 10.3. The topological polar surface area (TPSA) is 6.48 Å². The predicted octanol–water partition coefficient (Wildman–Crippen LogP) is 4.69. The molecule has 112 valence electrons. The van der Waals surface area contributed by atoms with Crippen LogP contribution in [0.3, 0.4) is 0 Å². The van der Waals surface area contributed by atoms with Crippen molar-refractivity contribution < 1.29 is 0 Å². The van der Waals surface area contributed by atoms with Gasteiger partial charge < -0.3 is 4.90 Å². The Kier molecular flexibility index (Phi) is 4.75. The number of aryl methyl sites for hydroxylation is 1. The molecule has 1 aromatic heterocycles. The second-order valence-electron chi connectivity index (χ2n) is 5.37. The molecule has 0 radical (unpaired) electrons. The van der Waals surface area contributed by atoms with E-state index in [1.54, 1.807) is 0 Å². The first-order valence-electron chi connectivity index (χ1n) is 7.09. The van der Waals surface area contributed by atoms with E-state index < -0.39 is 0 Å². The summed E-state index contributed by atoms with van der Waals surface area (Å²) in [6.07, 6.45) is 0. The van der Waals surface area contributed by atoms with Crippen LogP contribution in [0.25, 0.3) is 0 Å². The normalized spacial score (nSPS) is 16.4. The van der Waals surface area contributed by atoms with Gasteiger partial charge in [0.15, 0.2) is 0 Å². The summed E-state index contributed by atoms with van der Waals surface area (Å²) in [5.41, 5.74) is 1.16. The third-order valence-electron chi connectivity index (χ3n) is 3.82. The maximum absolute atomic E-state index is 6.10. The molecule has 1 fully saturated rings. The molecule has 0 N–H and O–H groups in total. The fourth-order valence-corrected chi connectivity index (χ4v) is 3.86. The van der Waals surface area contributed by atoms with Crippen molar-refractivity contribution in [3.8, 4) is 0 Å². The van der Waals surface area contributed by atoms with Crippen LogP contribution in [-0.4, -0.2) is 31.1 Å². The van der Waals surface area contributed by atoms with Crippen molar-refractivity contribution in [3.05, 3.63) is 50.1 Å². The number of halogens is 2. The van der Waals surface area contributed by atoms with Crippen LogP contribution in [-0.2, 0) is 6.54 Å². The summed E-state index contributed by atoms with van der Waals surface area (Å²) in [7, 11) is 0. The fraction of sp³-hybridized carbons (Fsp3) is 0.375. The van der Waals surface area contributed by atoms with Crippen molar-refractivity contribution in [2.45, 2.75) is 13.5 Å². The van der Waals surface area contributed by atoms with E-state index >= 15 is 0 Å². The summed E-state index contributed by atoms with van der Waals surface area (Å²) in [6.45, 7) is 7.45. The summed E-state index contributed by atoms with van der Waals surface area (Å²) >= 11 is 14.0. The lowest BCUT2D eigenvalue weighted by atomic mass is 10.2. The van der Waals surface area contributed by atoms with Crippen molar-refractivity contribution in [2.75, 3.05) is 31.1 Å². The van der Waals surface area contributed by atoms with Gasteiger partial charge >= 0.3 is 0 Å². The molecule has 5 heteroatoms. The van der Waals surface area contributed by atoms with Crippen LogP contribution >= 0.6 is 34.5 Å². The third-order valence-corrected chi connectivity index (χ3v) is 5.54. The zero-order valence-electron chi connectivity index (χ0n) is 12.0. The van der Waals surface area contributed by atoms with Crippen molar-refractivity contribution in [2.24, 2.45) is 0 Å². The number of benzene rings is 1. The Morgan fingerprint density at radius 1 is 1.00 bits per heavy atom. The van der Waals surface area contributed by atoms with Gasteiger partial charge in [0.05, 0.1) is 10.0 Å². The van der Waals surface area contributed by atoms with E-state index in [0.29, 0.717) is 10.0 Å². The maximum Gasteiger partial charge on any atom is 0.0612 e. The highest BCUT2D eigenvalue weighted by Gasteiger charge is 2.18. The molecule has 0 saturated carbocycles. The van der Waals surface area contributed by atoms with Gasteiger partial charge in [0.25, 0.3) is 0 Å². The van der Waals surface area contributed by atoms with Gasteiger partial charge in [-0.1, -0.05) is 23.2 Å². The molecule has 2 nitrogen and oxygen atoms in total. The first kappa shape index (κ1) is 15.2. The molecule has 0 spiro atoms. The highest BCUT2D eigenvalue weighted by molar-refractivity contribution is 7.11. The highest BCUT2D eigenvalue weighted by Crippen LogP contribution is 2.28. The highest BCUT2D eigenvalue weighted by atomic mass is 35.5. The average Bonchev–Trinajstić information content (AvgIpc) is 2.88. The summed E-state index contributed by atoms with van der Waals surface area (Å²) in [5.74, 6) is 0. The summed E-state index contributed by atoms with van der Waals surface area (Å²) < 4.78 is 0. The van der Waals surface area contributed by atoms with Gasteiger partial charge in [-0.3, -0.25) is 4.90 Å². The lowest BCUT2D eigenvalue weighted by molar-refractivity contribution is 0.252. The second-order valence-corrected chi connectivity index (χ2v) is 7.56. The zero-order chi connectivity index (χ0) is 14.8. The van der Waals surface area contributed by atoms with E-state index in [9.17, 15) is 0 Å². The Labute approximate surface area is 139 Å². The zero-order valence-corrected chi connectivity index (χ0v) is 14.3. The third kappa shape index (κ3) is 3.72. The monoisotopic (exact) mass is 340 g/mol. The number of anilines is 1. The van der Waals surface area contributed by atoms with E-state index in [2.05, 4.69) is 28.9 Å². The molecule has 0 bridgehead atoms. The summed E-state index contributed by atoms with van der Waals surface area (Å²) in [4.78, 5) is 7.73. The van der Waals surface area contributed by atoms with Crippen molar-refractivity contribution in [1.82, 2.24) is 4.90 Å². The lowest BCUT2D eigenvalue weighted by Crippen LogP contribution is -2.45. The van der Waals surface area contributed by atoms with Gasteiger partial charge in [0.1, 0.15) is 0 Å². The van der Waals surface area contributed by atoms with Gasteiger partial charge in [-0.05, 0) is 37.3 Å². The van der Waals surface area contributed by atoms with Crippen molar-refractivity contribution in [3.63, 3.8) is 0 Å².